The maximum Gasteiger partial charge on any atom is 0.418 e. The summed E-state index contributed by atoms with van der Waals surface area (Å²) in [6.45, 7) is 3.97. The number of para-hydroxylation sites is 1. The number of pyridine rings is 1. The third-order valence-electron chi connectivity index (χ3n) is 4.54. The van der Waals surface area contributed by atoms with E-state index >= 15 is 0 Å². The van der Waals surface area contributed by atoms with Crippen LogP contribution in [0.2, 0.25) is 0 Å². The summed E-state index contributed by atoms with van der Waals surface area (Å²) in [6, 6.07) is 6.92. The van der Waals surface area contributed by atoms with Crippen molar-refractivity contribution in [3.05, 3.63) is 36.0 Å². The number of ether oxygens (including phenoxy) is 3. The highest BCUT2D eigenvalue weighted by Gasteiger charge is 2.35. The molecule has 0 saturated heterocycles. The van der Waals surface area contributed by atoms with Gasteiger partial charge in [-0.1, -0.05) is 6.07 Å². The molecule has 7 nitrogen and oxygen atoms in total. The van der Waals surface area contributed by atoms with Crippen molar-refractivity contribution in [1.82, 2.24) is 9.97 Å². The third-order valence-corrected chi connectivity index (χ3v) is 4.54. The number of nitrogens with zero attached hydrogens (tertiary/aromatic N) is 1. The number of aromatic amines is 1. The molecule has 1 aliphatic rings. The second-order valence-corrected chi connectivity index (χ2v) is 6.56. The monoisotopic (exact) mass is 422 g/mol. The average molecular weight is 422 g/mol. The Bertz CT molecular complexity index is 1040. The predicted molar refractivity (Wildman–Crippen MR) is 107 cm³/mol. The Morgan fingerprint density at radius 1 is 1.20 bits per heavy atom. The van der Waals surface area contributed by atoms with E-state index in [2.05, 4.69) is 20.6 Å². The lowest BCUT2D eigenvalue weighted by Crippen LogP contribution is -2.16. The summed E-state index contributed by atoms with van der Waals surface area (Å²) in [7, 11) is 0. The lowest BCUT2D eigenvalue weighted by atomic mass is 10.1. The van der Waals surface area contributed by atoms with Crippen molar-refractivity contribution < 1.29 is 27.4 Å². The predicted octanol–water partition coefficient (Wildman–Crippen LogP) is 4.54. The molecule has 0 spiro atoms. The van der Waals surface area contributed by atoms with Gasteiger partial charge in [0.15, 0.2) is 11.5 Å². The SMILES string of the molecule is CCOCCNc1cc(Nc2cccc3c2OCCO3)nc2[nH]cc(C(F)(F)F)c12. The summed E-state index contributed by atoms with van der Waals surface area (Å²) >= 11 is 0. The number of halogens is 3. The maximum atomic E-state index is 13.5. The average Bonchev–Trinajstić information content (AvgIpc) is 3.16. The van der Waals surface area contributed by atoms with Crippen LogP contribution in [0.5, 0.6) is 11.5 Å². The van der Waals surface area contributed by atoms with E-state index < -0.39 is 11.7 Å². The van der Waals surface area contributed by atoms with Gasteiger partial charge in [-0.2, -0.15) is 13.2 Å². The van der Waals surface area contributed by atoms with E-state index in [9.17, 15) is 13.2 Å². The summed E-state index contributed by atoms with van der Waals surface area (Å²) in [5, 5.41) is 6.14. The van der Waals surface area contributed by atoms with Crippen molar-refractivity contribution in [3.63, 3.8) is 0 Å². The molecule has 30 heavy (non-hydrogen) atoms. The largest absolute Gasteiger partial charge is 0.486 e. The van der Waals surface area contributed by atoms with E-state index in [4.69, 9.17) is 14.2 Å². The summed E-state index contributed by atoms with van der Waals surface area (Å²) in [6.07, 6.45) is -3.58. The molecular weight excluding hydrogens is 401 g/mol. The fourth-order valence-corrected chi connectivity index (χ4v) is 3.27. The highest BCUT2D eigenvalue weighted by molar-refractivity contribution is 5.95. The number of aromatic nitrogens is 2. The number of hydrogen-bond donors (Lipinski definition) is 3. The molecule has 0 radical (unpaired) electrons. The van der Waals surface area contributed by atoms with Crippen LogP contribution in [0.1, 0.15) is 12.5 Å². The van der Waals surface area contributed by atoms with Crippen molar-refractivity contribution in [2.45, 2.75) is 13.1 Å². The Morgan fingerprint density at radius 3 is 2.83 bits per heavy atom. The first kappa shape index (κ1) is 20.1. The van der Waals surface area contributed by atoms with Gasteiger partial charge in [0, 0.05) is 31.1 Å². The molecule has 0 saturated carbocycles. The fourth-order valence-electron chi connectivity index (χ4n) is 3.27. The summed E-state index contributed by atoms with van der Waals surface area (Å²) in [4.78, 5) is 6.95. The molecular formula is C20H21F3N4O3. The van der Waals surface area contributed by atoms with Gasteiger partial charge in [-0.3, -0.25) is 0 Å². The number of rotatable bonds is 7. The highest BCUT2D eigenvalue weighted by atomic mass is 19.4. The standard InChI is InChI=1S/C20H21F3N4O3/c1-2-28-7-6-24-14-10-16(27-19-17(14)12(11-25-19)20(21,22)23)26-13-4-3-5-15-18(13)30-9-8-29-15/h3-5,10-11H,2,6-9H2,1H3,(H3,24,25,26,27). The molecule has 0 atom stereocenters. The first-order chi connectivity index (χ1) is 14.5. The van der Waals surface area contributed by atoms with Gasteiger partial charge in [0.2, 0.25) is 0 Å². The van der Waals surface area contributed by atoms with Gasteiger partial charge in [-0.25, -0.2) is 4.98 Å². The van der Waals surface area contributed by atoms with Crippen molar-refractivity contribution in [2.75, 3.05) is 43.6 Å². The molecule has 3 heterocycles. The van der Waals surface area contributed by atoms with E-state index in [1.807, 2.05) is 6.92 Å². The number of anilines is 3. The van der Waals surface area contributed by atoms with Crippen molar-refractivity contribution >= 4 is 28.2 Å². The van der Waals surface area contributed by atoms with Crippen molar-refractivity contribution in [3.8, 4) is 11.5 Å². The first-order valence-corrected chi connectivity index (χ1v) is 9.54. The smallest absolute Gasteiger partial charge is 0.418 e. The molecule has 4 rings (SSSR count). The molecule has 160 valence electrons. The second kappa shape index (κ2) is 8.31. The number of H-pyrrole nitrogens is 1. The minimum atomic E-state index is -4.51. The zero-order valence-corrected chi connectivity index (χ0v) is 16.2. The zero-order valence-electron chi connectivity index (χ0n) is 16.2. The van der Waals surface area contributed by atoms with E-state index in [0.717, 1.165) is 6.20 Å². The topological polar surface area (TPSA) is 80.4 Å². The third kappa shape index (κ3) is 4.09. The molecule has 0 unspecified atom stereocenters. The van der Waals surface area contributed by atoms with Gasteiger partial charge < -0.3 is 29.8 Å². The highest BCUT2D eigenvalue weighted by Crippen LogP contribution is 2.41. The van der Waals surface area contributed by atoms with Gasteiger partial charge >= 0.3 is 6.18 Å². The Hall–Kier alpha value is -3.14. The molecule has 1 aliphatic heterocycles. The van der Waals surface area contributed by atoms with Crippen LogP contribution in [0.3, 0.4) is 0 Å². The number of alkyl halides is 3. The van der Waals surface area contributed by atoms with Crippen LogP contribution < -0.4 is 20.1 Å². The summed E-state index contributed by atoms with van der Waals surface area (Å²) in [5.74, 6) is 1.50. The van der Waals surface area contributed by atoms with Crippen LogP contribution in [-0.2, 0) is 10.9 Å². The van der Waals surface area contributed by atoms with Gasteiger partial charge in [0.25, 0.3) is 0 Å². The van der Waals surface area contributed by atoms with Crippen LogP contribution >= 0.6 is 0 Å². The zero-order chi connectivity index (χ0) is 21.1. The number of benzene rings is 1. The van der Waals surface area contributed by atoms with Crippen LogP contribution in [0.25, 0.3) is 11.0 Å². The number of fused-ring (bicyclic) bond motifs is 2. The molecule has 10 heteroatoms. The first-order valence-electron chi connectivity index (χ1n) is 9.54. The Kier molecular flexibility index (Phi) is 5.58. The Labute approximate surface area is 170 Å². The number of hydrogen-bond acceptors (Lipinski definition) is 6. The Morgan fingerprint density at radius 2 is 2.03 bits per heavy atom. The van der Waals surface area contributed by atoms with Crippen LogP contribution in [0, 0.1) is 0 Å². The van der Waals surface area contributed by atoms with Gasteiger partial charge in [0.1, 0.15) is 24.7 Å². The second-order valence-electron chi connectivity index (χ2n) is 6.56. The van der Waals surface area contributed by atoms with Gasteiger partial charge in [-0.15, -0.1) is 0 Å². The van der Waals surface area contributed by atoms with E-state index in [1.165, 1.54) is 0 Å². The lowest BCUT2D eigenvalue weighted by molar-refractivity contribution is -0.136. The van der Waals surface area contributed by atoms with E-state index in [0.29, 0.717) is 61.7 Å². The van der Waals surface area contributed by atoms with Gasteiger partial charge in [0.05, 0.1) is 23.2 Å². The molecule has 2 aromatic heterocycles. The molecule has 0 bridgehead atoms. The minimum Gasteiger partial charge on any atom is -0.486 e. The molecule has 3 N–H and O–H groups in total. The lowest BCUT2D eigenvalue weighted by Gasteiger charge is -2.21. The Balaban J connectivity index is 1.71. The van der Waals surface area contributed by atoms with Crippen molar-refractivity contribution in [2.24, 2.45) is 0 Å². The molecule has 1 aromatic carbocycles. The maximum absolute atomic E-state index is 13.5. The molecule has 3 aromatic rings. The normalized spacial score (nSPS) is 13.5. The fraction of sp³-hybridized carbons (Fsp3) is 0.350. The van der Waals surface area contributed by atoms with Crippen LogP contribution in [0.15, 0.2) is 30.5 Å². The van der Waals surface area contributed by atoms with E-state index in [1.54, 1.807) is 24.3 Å². The molecule has 0 fully saturated rings. The summed E-state index contributed by atoms with van der Waals surface area (Å²) < 4.78 is 56.9. The number of nitrogens with one attached hydrogen (secondary N) is 3. The molecule has 0 aliphatic carbocycles. The van der Waals surface area contributed by atoms with Crippen molar-refractivity contribution in [1.29, 1.82) is 0 Å². The molecule has 0 amide bonds. The summed E-state index contributed by atoms with van der Waals surface area (Å²) in [5.41, 5.74) is 0.261. The minimum absolute atomic E-state index is 0.0146. The van der Waals surface area contributed by atoms with E-state index in [-0.39, 0.29) is 11.0 Å². The van der Waals surface area contributed by atoms with Gasteiger partial charge in [-0.05, 0) is 19.1 Å². The van der Waals surface area contributed by atoms with Crippen LogP contribution in [-0.4, -0.2) is 42.9 Å². The quantitative estimate of drug-likeness (QED) is 0.485. The van der Waals surface area contributed by atoms with Crippen LogP contribution in [0.4, 0.5) is 30.4 Å².